The van der Waals surface area contributed by atoms with E-state index in [4.69, 9.17) is 5.73 Å². The SMILES string of the molecule is CCCCS[C@H]1CS(=O)(=O)C[C@H]1N. The van der Waals surface area contributed by atoms with Gasteiger partial charge in [0.15, 0.2) is 9.84 Å². The minimum atomic E-state index is -2.83. The van der Waals surface area contributed by atoms with E-state index >= 15 is 0 Å². The second kappa shape index (κ2) is 4.66. The van der Waals surface area contributed by atoms with Crippen LogP contribution in [0, 0.1) is 0 Å². The molecule has 1 rings (SSSR count). The molecule has 0 saturated carbocycles. The van der Waals surface area contributed by atoms with Gasteiger partial charge in [-0.1, -0.05) is 13.3 Å². The Morgan fingerprint density at radius 2 is 2.15 bits per heavy atom. The first-order valence-electron chi connectivity index (χ1n) is 4.63. The van der Waals surface area contributed by atoms with Gasteiger partial charge in [0, 0.05) is 11.3 Å². The molecule has 1 aliphatic heterocycles. The van der Waals surface area contributed by atoms with Gasteiger partial charge in [0.25, 0.3) is 0 Å². The Bertz CT molecular complexity index is 251. The molecule has 0 unspecified atom stereocenters. The summed E-state index contributed by atoms with van der Waals surface area (Å²) in [5.74, 6) is 1.49. The average Bonchev–Trinajstić information content (AvgIpc) is 2.25. The standard InChI is InChI=1S/C8H17NO2S2/c1-2-3-4-12-8-6-13(10,11)5-7(8)9/h7-8H,2-6,9H2,1H3/t7-,8+/m1/s1. The highest BCUT2D eigenvalue weighted by molar-refractivity contribution is 8.01. The molecule has 78 valence electrons. The average molecular weight is 223 g/mol. The van der Waals surface area contributed by atoms with Crippen molar-refractivity contribution in [3.63, 3.8) is 0 Å². The fourth-order valence-corrected chi connectivity index (χ4v) is 5.33. The van der Waals surface area contributed by atoms with E-state index in [0.29, 0.717) is 0 Å². The summed E-state index contributed by atoms with van der Waals surface area (Å²) in [6.45, 7) is 2.13. The normalized spacial score (nSPS) is 32.2. The molecule has 1 fully saturated rings. The van der Waals surface area contributed by atoms with Crippen molar-refractivity contribution in [2.75, 3.05) is 17.3 Å². The van der Waals surface area contributed by atoms with Crippen LogP contribution in [0.4, 0.5) is 0 Å². The fraction of sp³-hybridized carbons (Fsp3) is 1.00. The highest BCUT2D eigenvalue weighted by atomic mass is 32.2. The van der Waals surface area contributed by atoms with E-state index in [9.17, 15) is 8.42 Å². The number of hydrogen-bond acceptors (Lipinski definition) is 4. The zero-order chi connectivity index (χ0) is 9.90. The molecule has 0 aliphatic carbocycles. The molecule has 13 heavy (non-hydrogen) atoms. The second-order valence-corrected chi connectivity index (χ2v) is 7.00. The van der Waals surface area contributed by atoms with E-state index in [1.807, 2.05) is 0 Å². The van der Waals surface area contributed by atoms with Crippen LogP contribution >= 0.6 is 11.8 Å². The molecular formula is C8H17NO2S2. The summed E-state index contributed by atoms with van der Waals surface area (Å²) >= 11 is 1.71. The van der Waals surface area contributed by atoms with Gasteiger partial charge in [-0.05, 0) is 12.2 Å². The van der Waals surface area contributed by atoms with Gasteiger partial charge in [0.05, 0.1) is 11.5 Å². The molecule has 2 N–H and O–H groups in total. The predicted molar refractivity (Wildman–Crippen MR) is 57.8 cm³/mol. The molecule has 0 radical (unpaired) electrons. The molecule has 0 aromatic carbocycles. The van der Waals surface area contributed by atoms with E-state index in [-0.39, 0.29) is 22.8 Å². The first-order chi connectivity index (χ1) is 6.05. The van der Waals surface area contributed by atoms with E-state index < -0.39 is 9.84 Å². The Labute approximate surface area is 84.4 Å². The summed E-state index contributed by atoms with van der Waals surface area (Å²) < 4.78 is 22.4. The summed E-state index contributed by atoms with van der Waals surface area (Å²) in [5, 5.41) is 0.136. The van der Waals surface area contributed by atoms with Crippen molar-refractivity contribution in [2.45, 2.75) is 31.1 Å². The van der Waals surface area contributed by atoms with Crippen molar-refractivity contribution >= 4 is 21.6 Å². The lowest BCUT2D eigenvalue weighted by molar-refractivity contribution is 0.601. The predicted octanol–water partition coefficient (Wildman–Crippen LogP) is 0.644. The van der Waals surface area contributed by atoms with E-state index in [0.717, 1.165) is 18.6 Å². The van der Waals surface area contributed by atoms with Gasteiger partial charge in [-0.3, -0.25) is 0 Å². The van der Waals surface area contributed by atoms with Crippen LogP contribution in [0.3, 0.4) is 0 Å². The molecule has 0 aromatic rings. The van der Waals surface area contributed by atoms with E-state index in [1.54, 1.807) is 11.8 Å². The fourth-order valence-electron chi connectivity index (χ4n) is 1.39. The van der Waals surface area contributed by atoms with Crippen molar-refractivity contribution in [3.05, 3.63) is 0 Å². The third-order valence-corrected chi connectivity index (χ3v) is 5.61. The van der Waals surface area contributed by atoms with Crippen LogP contribution in [0.5, 0.6) is 0 Å². The van der Waals surface area contributed by atoms with Gasteiger partial charge in [0.2, 0.25) is 0 Å². The van der Waals surface area contributed by atoms with Crippen LogP contribution in [0.1, 0.15) is 19.8 Å². The molecule has 0 amide bonds. The van der Waals surface area contributed by atoms with Gasteiger partial charge in [0.1, 0.15) is 0 Å². The monoisotopic (exact) mass is 223 g/mol. The number of unbranched alkanes of at least 4 members (excludes halogenated alkanes) is 1. The minimum Gasteiger partial charge on any atom is -0.326 e. The van der Waals surface area contributed by atoms with Gasteiger partial charge in [-0.15, -0.1) is 0 Å². The zero-order valence-corrected chi connectivity index (χ0v) is 9.53. The molecule has 1 saturated heterocycles. The number of sulfone groups is 1. The Kier molecular flexibility index (Phi) is 4.06. The highest BCUT2D eigenvalue weighted by Gasteiger charge is 2.35. The molecule has 0 aromatic heterocycles. The van der Waals surface area contributed by atoms with E-state index in [1.165, 1.54) is 0 Å². The first-order valence-corrected chi connectivity index (χ1v) is 7.50. The first kappa shape index (κ1) is 11.3. The van der Waals surface area contributed by atoms with Crippen LogP contribution in [0.25, 0.3) is 0 Å². The topological polar surface area (TPSA) is 60.2 Å². The molecular weight excluding hydrogens is 206 g/mol. The Hall–Kier alpha value is 0.260. The van der Waals surface area contributed by atoms with Gasteiger partial charge in [-0.2, -0.15) is 11.8 Å². The Morgan fingerprint density at radius 1 is 1.46 bits per heavy atom. The third-order valence-electron chi connectivity index (χ3n) is 2.17. The number of nitrogens with two attached hydrogens (primary N) is 1. The smallest absolute Gasteiger partial charge is 0.153 e. The van der Waals surface area contributed by atoms with Crippen molar-refractivity contribution in [1.82, 2.24) is 0 Å². The molecule has 5 heteroatoms. The van der Waals surface area contributed by atoms with E-state index in [2.05, 4.69) is 6.92 Å². The van der Waals surface area contributed by atoms with Crippen LogP contribution < -0.4 is 5.73 Å². The van der Waals surface area contributed by atoms with Crippen LogP contribution in [-0.2, 0) is 9.84 Å². The molecule has 2 atom stereocenters. The van der Waals surface area contributed by atoms with Crippen molar-refractivity contribution < 1.29 is 8.42 Å². The van der Waals surface area contributed by atoms with Crippen molar-refractivity contribution in [2.24, 2.45) is 5.73 Å². The molecule has 1 heterocycles. The maximum atomic E-state index is 11.2. The quantitative estimate of drug-likeness (QED) is 0.711. The summed E-state index contributed by atoms with van der Waals surface area (Å²) in [5.41, 5.74) is 5.74. The maximum absolute atomic E-state index is 11.2. The summed E-state index contributed by atoms with van der Waals surface area (Å²) in [6, 6.07) is -0.146. The Balaban J connectivity index is 2.36. The summed E-state index contributed by atoms with van der Waals surface area (Å²) in [7, 11) is -2.83. The second-order valence-electron chi connectivity index (χ2n) is 3.50. The highest BCUT2D eigenvalue weighted by Crippen LogP contribution is 2.24. The third kappa shape index (κ3) is 3.48. The molecule has 3 nitrogen and oxygen atoms in total. The summed E-state index contributed by atoms with van der Waals surface area (Å²) in [4.78, 5) is 0. The van der Waals surface area contributed by atoms with Crippen LogP contribution in [-0.4, -0.2) is 37.0 Å². The minimum absolute atomic E-state index is 0.136. The van der Waals surface area contributed by atoms with Crippen LogP contribution in [0.15, 0.2) is 0 Å². The van der Waals surface area contributed by atoms with Gasteiger partial charge < -0.3 is 5.73 Å². The number of thioether (sulfide) groups is 1. The molecule has 0 bridgehead atoms. The number of rotatable bonds is 4. The lowest BCUT2D eigenvalue weighted by Gasteiger charge is -2.11. The van der Waals surface area contributed by atoms with Gasteiger partial charge in [-0.25, -0.2) is 8.42 Å². The molecule has 1 aliphatic rings. The lowest BCUT2D eigenvalue weighted by Crippen LogP contribution is -2.30. The number of hydrogen-bond donors (Lipinski definition) is 1. The van der Waals surface area contributed by atoms with Gasteiger partial charge >= 0.3 is 0 Å². The van der Waals surface area contributed by atoms with Crippen molar-refractivity contribution in [3.8, 4) is 0 Å². The summed E-state index contributed by atoms with van der Waals surface area (Å²) in [6.07, 6.45) is 2.30. The van der Waals surface area contributed by atoms with Crippen LogP contribution in [0.2, 0.25) is 0 Å². The largest absolute Gasteiger partial charge is 0.326 e. The Morgan fingerprint density at radius 3 is 2.62 bits per heavy atom. The zero-order valence-electron chi connectivity index (χ0n) is 7.90. The molecule has 0 spiro atoms. The maximum Gasteiger partial charge on any atom is 0.153 e. The van der Waals surface area contributed by atoms with Crippen molar-refractivity contribution in [1.29, 1.82) is 0 Å². The lowest BCUT2D eigenvalue weighted by atomic mass is 10.3.